The van der Waals surface area contributed by atoms with Crippen LogP contribution in [0.1, 0.15) is 24.1 Å². The van der Waals surface area contributed by atoms with Crippen molar-refractivity contribution in [3.63, 3.8) is 0 Å². The van der Waals surface area contributed by atoms with Crippen molar-refractivity contribution in [2.24, 2.45) is 0 Å². The van der Waals surface area contributed by atoms with E-state index in [1.807, 2.05) is 30.0 Å². The first kappa shape index (κ1) is 17.7. The van der Waals surface area contributed by atoms with Crippen molar-refractivity contribution in [2.75, 3.05) is 40.5 Å². The zero-order valence-corrected chi connectivity index (χ0v) is 14.0. The average Bonchev–Trinajstić information content (AvgIpc) is 2.55. The highest BCUT2D eigenvalue weighted by molar-refractivity contribution is 5.79. The quantitative estimate of drug-likeness (QED) is 0.775. The molecular weight excluding hydrogens is 296 g/mol. The monoisotopic (exact) mass is 322 g/mol. The van der Waals surface area contributed by atoms with Crippen molar-refractivity contribution < 1.29 is 19.4 Å². The number of amides is 1. The van der Waals surface area contributed by atoms with Crippen LogP contribution < -0.4 is 10.1 Å². The van der Waals surface area contributed by atoms with Gasteiger partial charge in [0.25, 0.3) is 0 Å². The Balaban J connectivity index is 1.92. The number of carbonyl (C=O) groups is 1. The minimum atomic E-state index is -0.597. The highest BCUT2D eigenvalue weighted by Crippen LogP contribution is 2.31. The van der Waals surface area contributed by atoms with Crippen molar-refractivity contribution in [2.45, 2.75) is 25.5 Å². The molecule has 1 aliphatic heterocycles. The summed E-state index contributed by atoms with van der Waals surface area (Å²) in [5.41, 5.74) is 2.41. The van der Waals surface area contributed by atoms with E-state index in [0.29, 0.717) is 13.1 Å². The fourth-order valence-corrected chi connectivity index (χ4v) is 2.97. The zero-order chi connectivity index (χ0) is 16.8. The molecule has 128 valence electrons. The molecule has 0 saturated heterocycles. The fraction of sp³-hybridized carbons (Fsp3) is 0.588. The molecule has 2 atom stereocenters. The summed E-state index contributed by atoms with van der Waals surface area (Å²) in [4.78, 5) is 14.3. The lowest BCUT2D eigenvalue weighted by Crippen LogP contribution is -2.44. The molecule has 2 N–H and O–H groups in total. The molecule has 0 aliphatic carbocycles. The lowest BCUT2D eigenvalue weighted by atomic mass is 9.93. The topological polar surface area (TPSA) is 71.0 Å². The van der Waals surface area contributed by atoms with Crippen LogP contribution in [0, 0.1) is 0 Å². The van der Waals surface area contributed by atoms with Gasteiger partial charge in [-0.05, 0) is 36.6 Å². The van der Waals surface area contributed by atoms with Crippen LogP contribution in [0.25, 0.3) is 0 Å². The van der Waals surface area contributed by atoms with E-state index in [1.54, 1.807) is 7.11 Å². The van der Waals surface area contributed by atoms with Gasteiger partial charge in [0.05, 0.1) is 32.4 Å². The lowest BCUT2D eigenvalue weighted by Gasteiger charge is -2.35. The maximum absolute atomic E-state index is 12.4. The Morgan fingerprint density at radius 2 is 2.26 bits per heavy atom. The minimum absolute atomic E-state index is 0.0443. The number of ether oxygens (including phenoxy) is 2. The van der Waals surface area contributed by atoms with Gasteiger partial charge in [-0.2, -0.15) is 0 Å². The molecule has 23 heavy (non-hydrogen) atoms. The number of aliphatic hydroxyl groups excluding tert-OH is 1. The molecule has 6 nitrogen and oxygen atoms in total. The molecule has 0 fully saturated rings. The van der Waals surface area contributed by atoms with Crippen LogP contribution in [0.15, 0.2) is 18.2 Å². The summed E-state index contributed by atoms with van der Waals surface area (Å²) < 4.78 is 10.1. The van der Waals surface area contributed by atoms with Gasteiger partial charge in [-0.15, -0.1) is 0 Å². The number of nitrogens with zero attached hydrogens (tertiary/aromatic N) is 1. The Morgan fingerprint density at radius 3 is 2.96 bits per heavy atom. The second-order valence-corrected chi connectivity index (χ2v) is 5.82. The van der Waals surface area contributed by atoms with Gasteiger partial charge >= 0.3 is 0 Å². The van der Waals surface area contributed by atoms with Gasteiger partial charge in [0.2, 0.25) is 5.91 Å². The second kappa shape index (κ2) is 8.29. The molecule has 0 bridgehead atoms. The Labute approximate surface area is 137 Å². The SMILES string of the molecule is COC[C@@H](O)CNCC(=O)N1CCc2cc(OC)ccc2C1C. The highest BCUT2D eigenvalue weighted by atomic mass is 16.5. The van der Waals surface area contributed by atoms with Crippen molar-refractivity contribution in [3.05, 3.63) is 29.3 Å². The number of benzene rings is 1. The average molecular weight is 322 g/mol. The standard InChI is InChI=1S/C17H26N2O4/c1-12-16-5-4-15(23-3)8-13(16)6-7-19(12)17(21)10-18-9-14(20)11-22-2/h4-5,8,12,14,18,20H,6-7,9-11H2,1-3H3/t12?,14-/m0/s1. The molecule has 1 amide bonds. The van der Waals surface area contributed by atoms with Crippen LogP contribution in [-0.2, 0) is 16.0 Å². The molecule has 0 spiro atoms. The van der Waals surface area contributed by atoms with Gasteiger partial charge in [-0.25, -0.2) is 0 Å². The van der Waals surface area contributed by atoms with E-state index < -0.39 is 6.10 Å². The smallest absolute Gasteiger partial charge is 0.237 e. The van der Waals surface area contributed by atoms with E-state index in [0.717, 1.165) is 12.2 Å². The first-order chi connectivity index (χ1) is 11.1. The summed E-state index contributed by atoms with van der Waals surface area (Å²) in [6, 6.07) is 6.06. The maximum Gasteiger partial charge on any atom is 0.237 e. The van der Waals surface area contributed by atoms with E-state index in [9.17, 15) is 9.90 Å². The molecule has 1 aromatic carbocycles. The third-order valence-electron chi connectivity index (χ3n) is 4.23. The maximum atomic E-state index is 12.4. The number of hydrogen-bond acceptors (Lipinski definition) is 5. The molecule has 1 unspecified atom stereocenters. The van der Waals surface area contributed by atoms with Crippen molar-refractivity contribution in [1.29, 1.82) is 0 Å². The number of rotatable bonds is 7. The van der Waals surface area contributed by atoms with E-state index >= 15 is 0 Å². The van der Waals surface area contributed by atoms with Gasteiger partial charge in [0.15, 0.2) is 0 Å². The molecule has 1 aliphatic rings. The summed E-state index contributed by atoms with van der Waals surface area (Å²) in [5.74, 6) is 0.896. The van der Waals surface area contributed by atoms with Gasteiger partial charge < -0.3 is 24.8 Å². The third-order valence-corrected chi connectivity index (χ3v) is 4.23. The summed E-state index contributed by atoms with van der Waals surface area (Å²) >= 11 is 0. The number of aliphatic hydroxyl groups is 1. The number of nitrogens with one attached hydrogen (secondary N) is 1. The molecule has 0 aromatic heterocycles. The predicted octanol–water partition coefficient (Wildman–Crippen LogP) is 0.738. The van der Waals surface area contributed by atoms with E-state index in [1.165, 1.54) is 18.2 Å². The molecule has 6 heteroatoms. The number of hydrogen-bond donors (Lipinski definition) is 2. The van der Waals surface area contributed by atoms with E-state index in [2.05, 4.69) is 5.32 Å². The Bertz CT molecular complexity index is 535. The van der Waals surface area contributed by atoms with Crippen LogP contribution in [0.4, 0.5) is 0 Å². The minimum Gasteiger partial charge on any atom is -0.497 e. The predicted molar refractivity (Wildman–Crippen MR) is 87.6 cm³/mol. The summed E-state index contributed by atoms with van der Waals surface area (Å²) in [7, 11) is 3.20. The Morgan fingerprint density at radius 1 is 1.48 bits per heavy atom. The lowest BCUT2D eigenvalue weighted by molar-refractivity contribution is -0.132. The number of fused-ring (bicyclic) bond motifs is 1. The first-order valence-electron chi connectivity index (χ1n) is 7.90. The highest BCUT2D eigenvalue weighted by Gasteiger charge is 2.27. The fourth-order valence-electron chi connectivity index (χ4n) is 2.97. The number of carbonyl (C=O) groups excluding carboxylic acids is 1. The van der Waals surface area contributed by atoms with Crippen LogP contribution in [0.5, 0.6) is 5.75 Å². The first-order valence-corrected chi connectivity index (χ1v) is 7.90. The van der Waals surface area contributed by atoms with Crippen LogP contribution in [-0.4, -0.2) is 62.5 Å². The third kappa shape index (κ3) is 4.43. The Hall–Kier alpha value is -1.63. The molecule has 1 heterocycles. The normalized spacial score (nSPS) is 18.4. The largest absolute Gasteiger partial charge is 0.497 e. The van der Waals surface area contributed by atoms with Gasteiger partial charge in [-0.1, -0.05) is 6.07 Å². The molecule has 1 aromatic rings. The van der Waals surface area contributed by atoms with E-state index in [4.69, 9.17) is 9.47 Å². The summed E-state index contributed by atoms with van der Waals surface area (Å²) in [6.07, 6.45) is 0.231. The molecule has 0 saturated carbocycles. The van der Waals surface area contributed by atoms with E-state index in [-0.39, 0.29) is 25.1 Å². The summed E-state index contributed by atoms with van der Waals surface area (Å²) in [6.45, 7) is 3.56. The molecule has 2 rings (SSSR count). The Kier molecular flexibility index (Phi) is 6.38. The van der Waals surface area contributed by atoms with Crippen molar-refractivity contribution >= 4 is 5.91 Å². The van der Waals surface area contributed by atoms with Crippen molar-refractivity contribution in [1.82, 2.24) is 10.2 Å². The molecule has 0 radical (unpaired) electrons. The second-order valence-electron chi connectivity index (χ2n) is 5.82. The number of methoxy groups -OCH3 is 2. The van der Waals surface area contributed by atoms with Crippen LogP contribution >= 0.6 is 0 Å². The van der Waals surface area contributed by atoms with Gasteiger partial charge in [-0.3, -0.25) is 4.79 Å². The summed E-state index contributed by atoms with van der Waals surface area (Å²) in [5, 5.41) is 12.6. The van der Waals surface area contributed by atoms with Gasteiger partial charge in [0.1, 0.15) is 5.75 Å². The zero-order valence-electron chi connectivity index (χ0n) is 14.0. The van der Waals surface area contributed by atoms with Crippen molar-refractivity contribution in [3.8, 4) is 5.75 Å². The van der Waals surface area contributed by atoms with Gasteiger partial charge in [0, 0.05) is 20.2 Å². The molecular formula is C17H26N2O4. The van der Waals surface area contributed by atoms with Crippen LogP contribution in [0.2, 0.25) is 0 Å². The van der Waals surface area contributed by atoms with Crippen LogP contribution in [0.3, 0.4) is 0 Å².